The predicted molar refractivity (Wildman–Crippen MR) is 220 cm³/mol. The number of carbonyl (C=O) groups excluding carboxylic acids is 4. The van der Waals surface area contributed by atoms with E-state index >= 15 is 0 Å². The molecule has 0 aliphatic carbocycles. The minimum absolute atomic E-state index is 0.170. The Balaban J connectivity index is 0.957. The zero-order valence-corrected chi connectivity index (χ0v) is 32.6. The number of aromatic nitrogens is 5. The maximum atomic E-state index is 14.0. The third-order valence-corrected chi connectivity index (χ3v) is 11.2. The Morgan fingerprint density at radius 1 is 0.695 bits per heavy atom. The van der Waals surface area contributed by atoms with Crippen molar-refractivity contribution in [2.75, 3.05) is 13.1 Å². The lowest BCUT2D eigenvalue weighted by molar-refractivity contribution is -0.137. The van der Waals surface area contributed by atoms with Crippen LogP contribution in [-0.2, 0) is 19.2 Å². The summed E-state index contributed by atoms with van der Waals surface area (Å²) in [6, 6.07) is 28.0. The van der Waals surface area contributed by atoms with E-state index in [1.807, 2.05) is 102 Å². The maximum Gasteiger partial charge on any atom is 0.250 e. The van der Waals surface area contributed by atoms with Gasteiger partial charge in [-0.25, -0.2) is 15.0 Å². The van der Waals surface area contributed by atoms with Crippen LogP contribution in [0.4, 0.5) is 0 Å². The fourth-order valence-corrected chi connectivity index (χ4v) is 8.49. The molecule has 1 unspecified atom stereocenters. The first kappa shape index (κ1) is 37.5. The van der Waals surface area contributed by atoms with E-state index in [1.165, 1.54) is 13.8 Å². The number of carbonyl (C=O) groups is 4. The highest BCUT2D eigenvalue weighted by molar-refractivity contribution is 5.92. The Bertz CT molecular complexity index is 2690. The number of aromatic amines is 2. The van der Waals surface area contributed by atoms with Crippen LogP contribution in [0.1, 0.15) is 86.5 Å². The number of benzene rings is 4. The van der Waals surface area contributed by atoms with E-state index in [0.717, 1.165) is 58.9 Å². The van der Waals surface area contributed by atoms with E-state index in [4.69, 9.17) is 14.4 Å². The van der Waals surface area contributed by atoms with Gasteiger partial charge in [-0.05, 0) is 67.1 Å². The van der Waals surface area contributed by atoms with Gasteiger partial charge in [-0.2, -0.15) is 0 Å². The fourth-order valence-electron chi connectivity index (χ4n) is 8.49. The van der Waals surface area contributed by atoms with Gasteiger partial charge in [0.05, 0.1) is 40.4 Å². The van der Waals surface area contributed by atoms with Crippen molar-refractivity contribution in [1.29, 1.82) is 0 Å². The van der Waals surface area contributed by atoms with Crippen LogP contribution in [-0.4, -0.2) is 71.4 Å². The number of imidazole rings is 2. The molecule has 0 spiro atoms. The molecular formula is C45H43N9O5. The molecule has 4 atom stereocenters. The third-order valence-electron chi connectivity index (χ3n) is 11.2. The minimum Gasteiger partial charge on any atom is -0.436 e. The van der Waals surface area contributed by atoms with E-state index in [1.54, 1.807) is 11.1 Å². The Morgan fingerprint density at radius 2 is 1.27 bits per heavy atom. The second-order valence-corrected chi connectivity index (χ2v) is 15.2. The zero-order chi connectivity index (χ0) is 40.6. The van der Waals surface area contributed by atoms with Crippen molar-refractivity contribution in [2.24, 2.45) is 0 Å². The molecule has 2 aliphatic rings. The second-order valence-electron chi connectivity index (χ2n) is 15.2. The average Bonchev–Trinajstić information content (AvgIpc) is 4.10. The molecule has 14 nitrogen and oxygen atoms in total. The number of H-pyrrole nitrogens is 2. The van der Waals surface area contributed by atoms with Gasteiger partial charge in [0, 0.05) is 32.5 Å². The van der Waals surface area contributed by atoms with E-state index < -0.39 is 12.1 Å². The standard InChI is InChI=1S/C45H43N9O5/c1-26(55)47-38(28-12-5-3-6-13-28)44(57)53-22-10-18-35(53)41-49-32-21-20-30(24-34(32)51-41)37-25-46-43(59-37)31-16-9-17-33-40(31)52-42(50-33)36-19-11-23-54(36)45(58)39(48-27(2)56)29-14-7-4-8-15-29/h3-9,12-17,20-21,24-25,35-36,38-39H,10-11,18-19,22-23H2,1-2H3,(H,47,55)(H,48,56)(H,49,51)(H,50,52)/t35?,36-,38-,39+/m0/s1. The van der Waals surface area contributed by atoms with Crippen molar-refractivity contribution in [1.82, 2.24) is 45.4 Å². The molecular weight excluding hydrogens is 747 g/mol. The van der Waals surface area contributed by atoms with Gasteiger partial charge >= 0.3 is 0 Å². The summed E-state index contributed by atoms with van der Waals surface area (Å²) in [5.74, 6) is 1.40. The predicted octanol–water partition coefficient (Wildman–Crippen LogP) is 6.84. The van der Waals surface area contributed by atoms with E-state index in [9.17, 15) is 19.2 Å². The average molecular weight is 790 g/mol. The van der Waals surface area contributed by atoms with Crippen LogP contribution in [0, 0.1) is 0 Å². The smallest absolute Gasteiger partial charge is 0.250 e. The molecule has 298 valence electrons. The van der Waals surface area contributed by atoms with E-state index in [-0.39, 0.29) is 35.7 Å². The molecule has 2 aliphatic heterocycles. The summed E-state index contributed by atoms with van der Waals surface area (Å²) in [6.45, 7) is 3.94. The monoisotopic (exact) mass is 789 g/mol. The van der Waals surface area contributed by atoms with Gasteiger partial charge in [-0.1, -0.05) is 66.7 Å². The van der Waals surface area contributed by atoms with Gasteiger partial charge in [0.2, 0.25) is 29.5 Å². The molecule has 4 aromatic carbocycles. The summed E-state index contributed by atoms with van der Waals surface area (Å²) in [4.78, 5) is 77.4. The molecule has 0 radical (unpaired) electrons. The molecule has 5 heterocycles. The van der Waals surface area contributed by atoms with Crippen molar-refractivity contribution >= 4 is 45.7 Å². The summed E-state index contributed by atoms with van der Waals surface area (Å²) in [7, 11) is 0. The molecule has 2 fully saturated rings. The number of rotatable bonds is 10. The van der Waals surface area contributed by atoms with Crippen LogP contribution in [0.2, 0.25) is 0 Å². The molecule has 4 N–H and O–H groups in total. The molecule has 14 heteroatoms. The minimum atomic E-state index is -0.803. The SMILES string of the molecule is CC(=O)N[C@H](C(=O)N1CCCC1c1nc2ccc(-c3cnc(-c4cccc5[nH]c([C@@H]6CCCN6C(=O)[C@H](NC(C)=O)c6ccccc6)nc45)o3)cc2[nH]1)c1ccccc1. The van der Waals surface area contributed by atoms with Crippen molar-refractivity contribution in [3.63, 3.8) is 0 Å². The van der Waals surface area contributed by atoms with Crippen molar-refractivity contribution in [2.45, 2.75) is 63.7 Å². The highest BCUT2D eigenvalue weighted by atomic mass is 16.4. The second kappa shape index (κ2) is 15.7. The molecule has 9 rings (SSSR count). The van der Waals surface area contributed by atoms with Crippen molar-refractivity contribution in [3.05, 3.63) is 126 Å². The quantitative estimate of drug-likeness (QED) is 0.116. The first-order valence-electron chi connectivity index (χ1n) is 19.9. The molecule has 0 bridgehead atoms. The summed E-state index contributed by atoms with van der Waals surface area (Å²) in [6.07, 6.45) is 4.77. The van der Waals surface area contributed by atoms with E-state index in [2.05, 4.69) is 25.6 Å². The van der Waals surface area contributed by atoms with Gasteiger partial charge in [-0.3, -0.25) is 19.2 Å². The lowest BCUT2D eigenvalue weighted by Crippen LogP contribution is -2.42. The third kappa shape index (κ3) is 7.33. The molecule has 59 heavy (non-hydrogen) atoms. The Labute approximate surface area is 339 Å². The van der Waals surface area contributed by atoms with Crippen molar-refractivity contribution in [3.8, 4) is 22.8 Å². The molecule has 2 saturated heterocycles. The lowest BCUT2D eigenvalue weighted by Gasteiger charge is -2.28. The highest BCUT2D eigenvalue weighted by Crippen LogP contribution is 2.38. The summed E-state index contributed by atoms with van der Waals surface area (Å²) < 4.78 is 6.39. The fraction of sp³-hybridized carbons (Fsp3) is 0.267. The van der Waals surface area contributed by atoms with Gasteiger partial charge in [0.15, 0.2) is 5.76 Å². The Morgan fingerprint density at radius 3 is 1.86 bits per heavy atom. The first-order valence-corrected chi connectivity index (χ1v) is 19.9. The summed E-state index contributed by atoms with van der Waals surface area (Å²) in [5.41, 5.74) is 5.96. The van der Waals surface area contributed by atoms with Crippen LogP contribution in [0.5, 0.6) is 0 Å². The molecule has 0 saturated carbocycles. The largest absolute Gasteiger partial charge is 0.436 e. The summed E-state index contributed by atoms with van der Waals surface area (Å²) >= 11 is 0. The van der Waals surface area contributed by atoms with Crippen LogP contribution >= 0.6 is 0 Å². The lowest BCUT2D eigenvalue weighted by atomic mass is 10.0. The maximum absolute atomic E-state index is 14.0. The van der Waals surface area contributed by atoms with Crippen LogP contribution in [0.3, 0.4) is 0 Å². The summed E-state index contributed by atoms with van der Waals surface area (Å²) in [5, 5.41) is 5.69. The van der Waals surface area contributed by atoms with Crippen LogP contribution in [0.25, 0.3) is 44.8 Å². The van der Waals surface area contributed by atoms with Gasteiger partial charge in [0.25, 0.3) is 0 Å². The van der Waals surface area contributed by atoms with E-state index in [0.29, 0.717) is 47.5 Å². The Kier molecular flexibility index (Phi) is 9.97. The number of para-hydroxylation sites is 1. The normalized spacial score (nSPS) is 17.7. The zero-order valence-electron chi connectivity index (χ0n) is 32.6. The van der Waals surface area contributed by atoms with Gasteiger partial charge in [0.1, 0.15) is 29.2 Å². The number of oxazole rings is 1. The molecule has 3 aromatic heterocycles. The Hall–Kier alpha value is -7.09. The number of likely N-dealkylation sites (tertiary alicyclic amines) is 2. The number of hydrogen-bond acceptors (Lipinski definition) is 8. The number of amides is 4. The topological polar surface area (TPSA) is 182 Å². The van der Waals surface area contributed by atoms with Gasteiger partial charge in [-0.15, -0.1) is 0 Å². The number of fused-ring (bicyclic) bond motifs is 2. The first-order chi connectivity index (χ1) is 28.7. The number of nitrogens with zero attached hydrogens (tertiary/aromatic N) is 5. The van der Waals surface area contributed by atoms with Crippen LogP contribution in [0.15, 0.2) is 108 Å². The molecule has 7 aromatic rings. The van der Waals surface area contributed by atoms with Crippen LogP contribution < -0.4 is 10.6 Å². The molecule has 4 amide bonds. The highest BCUT2D eigenvalue weighted by Gasteiger charge is 2.38. The number of hydrogen-bond donors (Lipinski definition) is 4. The number of nitrogens with one attached hydrogen (secondary N) is 4. The van der Waals surface area contributed by atoms with Crippen molar-refractivity contribution < 1.29 is 23.6 Å². The van der Waals surface area contributed by atoms with Gasteiger partial charge < -0.3 is 34.8 Å².